The van der Waals surface area contributed by atoms with E-state index in [1.54, 1.807) is 12.1 Å². The van der Waals surface area contributed by atoms with Crippen LogP contribution < -0.4 is 0 Å². The van der Waals surface area contributed by atoms with Crippen LogP contribution in [0.4, 0.5) is 9.18 Å². The molecule has 1 aromatic carbocycles. The zero-order chi connectivity index (χ0) is 10.7. The molecule has 0 saturated heterocycles. The van der Waals surface area contributed by atoms with Gasteiger partial charge in [-0.15, -0.1) is 0 Å². The van der Waals surface area contributed by atoms with Crippen LogP contribution in [-0.4, -0.2) is 23.1 Å². The Labute approximate surface area is 89.3 Å². The molecule has 76 valence electrons. The van der Waals surface area contributed by atoms with Crippen molar-refractivity contribution < 1.29 is 14.3 Å². The maximum atomic E-state index is 13.2. The van der Waals surface area contributed by atoms with E-state index in [-0.39, 0.29) is 6.54 Å². The fourth-order valence-electron chi connectivity index (χ4n) is 0.988. The highest BCUT2D eigenvalue weighted by molar-refractivity contribution is 9.10. The van der Waals surface area contributed by atoms with Gasteiger partial charge in [0.2, 0.25) is 0 Å². The lowest BCUT2D eigenvalue weighted by molar-refractivity contribution is 0.153. The summed E-state index contributed by atoms with van der Waals surface area (Å²) in [4.78, 5) is 11.5. The zero-order valence-electron chi connectivity index (χ0n) is 7.50. The van der Waals surface area contributed by atoms with E-state index in [9.17, 15) is 9.18 Å². The molecule has 0 atom stereocenters. The van der Waals surface area contributed by atoms with E-state index in [1.807, 2.05) is 0 Å². The first-order chi connectivity index (χ1) is 6.50. The summed E-state index contributed by atoms with van der Waals surface area (Å²) in [6.07, 6.45) is -1.08. The number of benzene rings is 1. The number of amides is 1. The van der Waals surface area contributed by atoms with Gasteiger partial charge in [-0.05, 0) is 18.2 Å². The van der Waals surface area contributed by atoms with Crippen LogP contribution >= 0.6 is 15.9 Å². The van der Waals surface area contributed by atoms with Gasteiger partial charge < -0.3 is 10.0 Å². The Morgan fingerprint density at radius 3 is 2.86 bits per heavy atom. The second-order valence-electron chi connectivity index (χ2n) is 2.87. The molecule has 0 fully saturated rings. The van der Waals surface area contributed by atoms with Crippen LogP contribution in [0.3, 0.4) is 0 Å². The maximum Gasteiger partial charge on any atom is 0.407 e. The van der Waals surface area contributed by atoms with Crippen LogP contribution in [0.25, 0.3) is 0 Å². The minimum absolute atomic E-state index is 0.0423. The number of carboxylic acid groups (broad SMARTS) is 1. The minimum Gasteiger partial charge on any atom is -0.465 e. The van der Waals surface area contributed by atoms with E-state index in [0.717, 1.165) is 9.37 Å². The lowest BCUT2D eigenvalue weighted by atomic mass is 10.2. The van der Waals surface area contributed by atoms with Crippen molar-refractivity contribution >= 4 is 22.0 Å². The van der Waals surface area contributed by atoms with Gasteiger partial charge >= 0.3 is 6.09 Å². The largest absolute Gasteiger partial charge is 0.465 e. The molecule has 5 heteroatoms. The number of carbonyl (C=O) groups is 1. The van der Waals surface area contributed by atoms with Crippen LogP contribution in [0.15, 0.2) is 22.7 Å². The summed E-state index contributed by atoms with van der Waals surface area (Å²) < 4.78 is 13.9. The third kappa shape index (κ3) is 2.70. The third-order valence-electron chi connectivity index (χ3n) is 1.74. The highest BCUT2D eigenvalue weighted by atomic mass is 79.9. The van der Waals surface area contributed by atoms with Crippen molar-refractivity contribution in [3.05, 3.63) is 34.1 Å². The zero-order valence-corrected chi connectivity index (χ0v) is 9.08. The lowest BCUT2D eigenvalue weighted by Crippen LogP contribution is -2.24. The van der Waals surface area contributed by atoms with Gasteiger partial charge in [-0.1, -0.05) is 15.9 Å². The van der Waals surface area contributed by atoms with Crippen molar-refractivity contribution in [1.29, 1.82) is 0 Å². The van der Waals surface area contributed by atoms with E-state index in [2.05, 4.69) is 15.9 Å². The van der Waals surface area contributed by atoms with Crippen LogP contribution in [-0.2, 0) is 6.54 Å². The predicted octanol–water partition coefficient (Wildman–Crippen LogP) is 2.70. The van der Waals surface area contributed by atoms with Gasteiger partial charge in [-0.3, -0.25) is 0 Å². The Bertz CT molecular complexity index is 357. The molecule has 0 aromatic heterocycles. The summed E-state index contributed by atoms with van der Waals surface area (Å²) in [7, 11) is 1.39. The molecule has 1 amide bonds. The fraction of sp³-hybridized carbons (Fsp3) is 0.222. The van der Waals surface area contributed by atoms with Gasteiger partial charge in [0.25, 0.3) is 0 Å². The molecule has 1 rings (SSSR count). The van der Waals surface area contributed by atoms with Gasteiger partial charge in [0.15, 0.2) is 0 Å². The molecule has 0 heterocycles. The van der Waals surface area contributed by atoms with Crippen molar-refractivity contribution in [2.45, 2.75) is 6.54 Å². The third-order valence-corrected chi connectivity index (χ3v) is 2.24. The molecular weight excluding hydrogens is 253 g/mol. The Hall–Kier alpha value is -1.10. The summed E-state index contributed by atoms with van der Waals surface area (Å²) in [6, 6.07) is 4.43. The molecule has 1 N–H and O–H groups in total. The number of nitrogens with zero attached hydrogens (tertiary/aromatic N) is 1. The SMILES string of the molecule is CN(Cc1cc(Br)ccc1F)C(=O)O. The predicted molar refractivity (Wildman–Crippen MR) is 53.6 cm³/mol. The molecule has 3 nitrogen and oxygen atoms in total. The molecule has 0 spiro atoms. The maximum absolute atomic E-state index is 13.2. The molecule has 0 saturated carbocycles. The average Bonchev–Trinajstić information content (AvgIpc) is 2.11. The summed E-state index contributed by atoms with van der Waals surface area (Å²) in [5.41, 5.74) is 0.351. The second kappa shape index (κ2) is 4.41. The number of hydrogen-bond donors (Lipinski definition) is 1. The highest BCUT2D eigenvalue weighted by Crippen LogP contribution is 2.16. The Kier molecular flexibility index (Phi) is 3.46. The molecule has 0 radical (unpaired) electrons. The minimum atomic E-state index is -1.08. The molecule has 0 aliphatic heterocycles. The van der Waals surface area contributed by atoms with Gasteiger partial charge in [-0.25, -0.2) is 9.18 Å². The first-order valence-corrected chi connectivity index (χ1v) is 4.68. The molecule has 0 aliphatic carbocycles. The monoisotopic (exact) mass is 261 g/mol. The van der Waals surface area contributed by atoms with Gasteiger partial charge in [0.05, 0.1) is 6.54 Å². The van der Waals surface area contributed by atoms with Gasteiger partial charge in [0.1, 0.15) is 5.82 Å². The first-order valence-electron chi connectivity index (χ1n) is 3.88. The number of rotatable bonds is 2. The van der Waals surface area contributed by atoms with Gasteiger partial charge in [0, 0.05) is 17.1 Å². The first kappa shape index (κ1) is 11.0. The summed E-state index contributed by atoms with van der Waals surface area (Å²) in [6.45, 7) is 0.0423. The molecular formula is C9H9BrFNO2. The molecule has 14 heavy (non-hydrogen) atoms. The summed E-state index contributed by atoms with van der Waals surface area (Å²) in [5, 5.41) is 8.60. The smallest absolute Gasteiger partial charge is 0.407 e. The van der Waals surface area contributed by atoms with E-state index in [4.69, 9.17) is 5.11 Å². The van der Waals surface area contributed by atoms with E-state index >= 15 is 0 Å². The highest BCUT2D eigenvalue weighted by Gasteiger charge is 2.09. The second-order valence-corrected chi connectivity index (χ2v) is 3.79. The average molecular weight is 262 g/mol. The molecule has 0 unspecified atom stereocenters. The van der Waals surface area contributed by atoms with Crippen molar-refractivity contribution in [2.75, 3.05) is 7.05 Å². The lowest BCUT2D eigenvalue weighted by Gasteiger charge is -2.13. The van der Waals surface area contributed by atoms with Crippen LogP contribution in [0.1, 0.15) is 5.56 Å². The Morgan fingerprint density at radius 2 is 2.29 bits per heavy atom. The molecule has 0 aliphatic rings. The Morgan fingerprint density at radius 1 is 1.64 bits per heavy atom. The Balaban J connectivity index is 2.85. The van der Waals surface area contributed by atoms with Crippen molar-refractivity contribution in [3.63, 3.8) is 0 Å². The fourth-order valence-corrected chi connectivity index (χ4v) is 1.40. The van der Waals surface area contributed by atoms with E-state index < -0.39 is 11.9 Å². The van der Waals surface area contributed by atoms with Crippen LogP contribution in [0.2, 0.25) is 0 Å². The standard InChI is InChI=1S/C9H9BrFNO2/c1-12(9(13)14)5-6-4-7(10)2-3-8(6)11/h2-4H,5H2,1H3,(H,13,14). The summed E-state index contributed by atoms with van der Waals surface area (Å²) in [5.74, 6) is -0.402. The molecule has 1 aromatic rings. The van der Waals surface area contributed by atoms with E-state index in [1.165, 1.54) is 13.1 Å². The normalized spacial score (nSPS) is 9.93. The number of hydrogen-bond acceptors (Lipinski definition) is 1. The van der Waals surface area contributed by atoms with Crippen molar-refractivity contribution in [2.24, 2.45) is 0 Å². The summed E-state index contributed by atoms with van der Waals surface area (Å²) >= 11 is 3.19. The topological polar surface area (TPSA) is 40.5 Å². The van der Waals surface area contributed by atoms with Crippen molar-refractivity contribution in [1.82, 2.24) is 4.90 Å². The van der Waals surface area contributed by atoms with Crippen LogP contribution in [0, 0.1) is 5.82 Å². The van der Waals surface area contributed by atoms with Gasteiger partial charge in [-0.2, -0.15) is 0 Å². The van der Waals surface area contributed by atoms with E-state index in [0.29, 0.717) is 5.56 Å². The van der Waals surface area contributed by atoms with Crippen molar-refractivity contribution in [3.8, 4) is 0 Å². The molecule has 0 bridgehead atoms. The van der Waals surface area contributed by atoms with Crippen LogP contribution in [0.5, 0.6) is 0 Å². The quantitative estimate of drug-likeness (QED) is 0.890. The number of halogens is 2.